The van der Waals surface area contributed by atoms with Crippen LogP contribution >= 0.6 is 11.6 Å². The fourth-order valence-electron chi connectivity index (χ4n) is 1.95. The van der Waals surface area contributed by atoms with Gasteiger partial charge in [-0.3, -0.25) is 14.4 Å². The van der Waals surface area contributed by atoms with Crippen LogP contribution in [0.3, 0.4) is 0 Å². The number of aryl methyl sites for hydroxylation is 1. The Hall–Kier alpha value is -1.81. The van der Waals surface area contributed by atoms with E-state index in [4.69, 9.17) is 11.6 Å². The summed E-state index contributed by atoms with van der Waals surface area (Å²) in [5.41, 5.74) is 2.75. The third-order valence-electron chi connectivity index (χ3n) is 2.98. The van der Waals surface area contributed by atoms with Crippen LogP contribution in [-0.4, -0.2) is 15.7 Å². The summed E-state index contributed by atoms with van der Waals surface area (Å²) in [5.74, 6) is -0.0414. The van der Waals surface area contributed by atoms with Crippen LogP contribution in [0.4, 0.5) is 5.69 Å². The molecule has 0 bridgehead atoms. The molecule has 19 heavy (non-hydrogen) atoms. The summed E-state index contributed by atoms with van der Waals surface area (Å²) < 4.78 is 1.71. The third-order valence-corrected chi connectivity index (χ3v) is 3.37. The molecule has 0 saturated heterocycles. The number of rotatable bonds is 3. The van der Waals surface area contributed by atoms with E-state index in [-0.39, 0.29) is 5.91 Å². The molecule has 0 saturated carbocycles. The summed E-state index contributed by atoms with van der Waals surface area (Å²) in [6, 6.07) is 5.69. The van der Waals surface area contributed by atoms with E-state index in [0.29, 0.717) is 11.7 Å². The number of carbonyl (C=O) groups excluding carboxylic acids is 1. The van der Waals surface area contributed by atoms with E-state index in [1.165, 1.54) is 0 Å². The zero-order valence-corrected chi connectivity index (χ0v) is 12.0. The SMILES string of the molecule is CC(=O)N(Cn1cccn1)c1cc(C)cc(Cl)c1C. The third kappa shape index (κ3) is 2.96. The molecule has 1 amide bonds. The molecule has 2 aromatic rings. The Kier molecular flexibility index (Phi) is 3.90. The summed E-state index contributed by atoms with van der Waals surface area (Å²) in [6.45, 7) is 5.79. The molecule has 0 radical (unpaired) electrons. The molecule has 0 spiro atoms. The first-order chi connectivity index (χ1) is 8.99. The molecule has 1 aromatic heterocycles. The zero-order valence-electron chi connectivity index (χ0n) is 11.2. The molecule has 0 aliphatic carbocycles. The van der Waals surface area contributed by atoms with Gasteiger partial charge in [-0.1, -0.05) is 11.6 Å². The molecule has 0 aliphatic rings. The lowest BCUT2D eigenvalue weighted by atomic mass is 10.1. The minimum atomic E-state index is -0.0414. The van der Waals surface area contributed by atoms with E-state index in [1.54, 1.807) is 22.7 Å². The number of hydrogen-bond donors (Lipinski definition) is 0. The molecular weight excluding hydrogens is 262 g/mol. The standard InChI is InChI=1S/C14H16ClN3O/c1-10-7-13(15)11(2)14(8-10)18(12(3)19)9-17-6-4-5-16-17/h4-8H,9H2,1-3H3. The molecule has 0 N–H and O–H groups in total. The monoisotopic (exact) mass is 277 g/mol. The van der Waals surface area contributed by atoms with Gasteiger partial charge < -0.3 is 0 Å². The highest BCUT2D eigenvalue weighted by molar-refractivity contribution is 6.31. The second-order valence-corrected chi connectivity index (χ2v) is 4.93. The Labute approximate surface area is 117 Å². The number of anilines is 1. The maximum absolute atomic E-state index is 11.9. The average molecular weight is 278 g/mol. The number of benzene rings is 1. The Balaban J connectivity index is 2.42. The van der Waals surface area contributed by atoms with Crippen molar-refractivity contribution in [3.05, 3.63) is 46.7 Å². The first-order valence-electron chi connectivity index (χ1n) is 6.01. The minimum Gasteiger partial charge on any atom is -0.292 e. The first-order valence-corrected chi connectivity index (χ1v) is 6.39. The van der Waals surface area contributed by atoms with E-state index in [2.05, 4.69) is 5.10 Å². The van der Waals surface area contributed by atoms with Crippen LogP contribution in [0.5, 0.6) is 0 Å². The summed E-state index contributed by atoms with van der Waals surface area (Å²) in [6.07, 6.45) is 3.51. The molecule has 0 aliphatic heterocycles. The van der Waals surface area contributed by atoms with Crippen molar-refractivity contribution in [1.82, 2.24) is 9.78 Å². The van der Waals surface area contributed by atoms with E-state index < -0.39 is 0 Å². The molecule has 5 heteroatoms. The molecular formula is C14H16ClN3O. The predicted octanol–water partition coefficient (Wildman–Crippen LogP) is 3.16. The van der Waals surface area contributed by atoms with E-state index in [9.17, 15) is 4.79 Å². The zero-order chi connectivity index (χ0) is 14.0. The number of carbonyl (C=O) groups is 1. The number of halogens is 1. The van der Waals surface area contributed by atoms with Gasteiger partial charge in [0, 0.05) is 24.3 Å². The van der Waals surface area contributed by atoms with Gasteiger partial charge in [0.25, 0.3) is 0 Å². The summed E-state index contributed by atoms with van der Waals surface area (Å²) in [5, 5.41) is 4.80. The summed E-state index contributed by atoms with van der Waals surface area (Å²) in [4.78, 5) is 13.6. The molecule has 0 fully saturated rings. The quantitative estimate of drug-likeness (QED) is 0.864. The highest BCUT2D eigenvalue weighted by Gasteiger charge is 2.16. The van der Waals surface area contributed by atoms with E-state index in [0.717, 1.165) is 16.8 Å². The largest absolute Gasteiger partial charge is 0.292 e. The van der Waals surface area contributed by atoms with Gasteiger partial charge in [-0.25, -0.2) is 0 Å². The van der Waals surface area contributed by atoms with Crippen LogP contribution in [-0.2, 0) is 11.5 Å². The van der Waals surface area contributed by atoms with Crippen molar-refractivity contribution in [1.29, 1.82) is 0 Å². The first kappa shape index (κ1) is 13.6. The fraction of sp³-hybridized carbons (Fsp3) is 0.286. The average Bonchev–Trinajstić information content (AvgIpc) is 2.83. The van der Waals surface area contributed by atoms with Crippen molar-refractivity contribution >= 4 is 23.2 Å². The van der Waals surface area contributed by atoms with E-state index >= 15 is 0 Å². The molecule has 2 rings (SSSR count). The van der Waals surface area contributed by atoms with Gasteiger partial charge in [-0.2, -0.15) is 5.10 Å². The van der Waals surface area contributed by atoms with Crippen LogP contribution < -0.4 is 4.90 Å². The molecule has 1 heterocycles. The maximum atomic E-state index is 11.9. The maximum Gasteiger partial charge on any atom is 0.225 e. The van der Waals surface area contributed by atoms with Gasteiger partial charge >= 0.3 is 0 Å². The normalized spacial score (nSPS) is 10.5. The van der Waals surface area contributed by atoms with Crippen molar-refractivity contribution in [3.8, 4) is 0 Å². The number of aromatic nitrogens is 2. The Morgan fingerprint density at radius 1 is 1.42 bits per heavy atom. The Morgan fingerprint density at radius 3 is 2.74 bits per heavy atom. The second kappa shape index (κ2) is 5.45. The van der Waals surface area contributed by atoms with Crippen LogP contribution in [0, 0.1) is 13.8 Å². The van der Waals surface area contributed by atoms with Crippen molar-refractivity contribution in [2.24, 2.45) is 0 Å². The van der Waals surface area contributed by atoms with Crippen LogP contribution in [0.1, 0.15) is 18.1 Å². The highest BCUT2D eigenvalue weighted by atomic mass is 35.5. The topological polar surface area (TPSA) is 38.1 Å². The number of hydrogen-bond acceptors (Lipinski definition) is 2. The molecule has 0 atom stereocenters. The predicted molar refractivity (Wildman–Crippen MR) is 76.3 cm³/mol. The minimum absolute atomic E-state index is 0.0414. The lowest BCUT2D eigenvalue weighted by Crippen LogP contribution is -2.31. The van der Waals surface area contributed by atoms with Gasteiger partial charge in [0.1, 0.15) is 6.67 Å². The van der Waals surface area contributed by atoms with Crippen molar-refractivity contribution in [2.45, 2.75) is 27.4 Å². The Morgan fingerprint density at radius 2 is 2.16 bits per heavy atom. The van der Waals surface area contributed by atoms with Crippen molar-refractivity contribution < 1.29 is 4.79 Å². The number of amides is 1. The van der Waals surface area contributed by atoms with E-state index in [1.807, 2.05) is 38.2 Å². The summed E-state index contributed by atoms with van der Waals surface area (Å²) >= 11 is 6.19. The highest BCUT2D eigenvalue weighted by Crippen LogP contribution is 2.29. The van der Waals surface area contributed by atoms with Gasteiger partial charge in [0.05, 0.1) is 5.69 Å². The van der Waals surface area contributed by atoms with Crippen LogP contribution in [0.15, 0.2) is 30.6 Å². The van der Waals surface area contributed by atoms with Gasteiger partial charge in [0.2, 0.25) is 5.91 Å². The lowest BCUT2D eigenvalue weighted by molar-refractivity contribution is -0.117. The fourth-order valence-corrected chi connectivity index (χ4v) is 2.22. The van der Waals surface area contributed by atoms with Gasteiger partial charge in [-0.05, 0) is 43.2 Å². The lowest BCUT2D eigenvalue weighted by Gasteiger charge is -2.24. The smallest absolute Gasteiger partial charge is 0.225 e. The Bertz CT molecular complexity index is 593. The van der Waals surface area contributed by atoms with Gasteiger partial charge in [-0.15, -0.1) is 0 Å². The van der Waals surface area contributed by atoms with Crippen LogP contribution in [0.25, 0.3) is 0 Å². The second-order valence-electron chi connectivity index (χ2n) is 4.52. The summed E-state index contributed by atoms with van der Waals surface area (Å²) in [7, 11) is 0. The molecule has 100 valence electrons. The molecule has 1 aromatic carbocycles. The van der Waals surface area contributed by atoms with Crippen LogP contribution in [0.2, 0.25) is 5.02 Å². The molecule has 0 unspecified atom stereocenters. The van der Waals surface area contributed by atoms with Crippen molar-refractivity contribution in [2.75, 3.05) is 4.90 Å². The van der Waals surface area contributed by atoms with Gasteiger partial charge in [0.15, 0.2) is 0 Å². The molecule has 4 nitrogen and oxygen atoms in total. The van der Waals surface area contributed by atoms with Crippen molar-refractivity contribution in [3.63, 3.8) is 0 Å². The number of nitrogens with zero attached hydrogens (tertiary/aromatic N) is 3.